The van der Waals surface area contributed by atoms with Crippen LogP contribution in [-0.2, 0) is 6.54 Å². The van der Waals surface area contributed by atoms with E-state index in [4.69, 9.17) is 5.73 Å². The maximum absolute atomic E-state index is 10.4. The molecule has 0 aromatic carbocycles. The molecule has 0 spiro atoms. The summed E-state index contributed by atoms with van der Waals surface area (Å²) >= 11 is 0. The molecule has 0 fully saturated rings. The number of hydrogen-bond donors (Lipinski definition) is 1. The van der Waals surface area contributed by atoms with Gasteiger partial charge in [-0.2, -0.15) is 0 Å². The van der Waals surface area contributed by atoms with Gasteiger partial charge in [0.05, 0.1) is 6.54 Å². The number of aromatic nitrogens is 2. The van der Waals surface area contributed by atoms with E-state index in [1.807, 2.05) is 0 Å². The third kappa shape index (κ3) is 3.35. The first-order chi connectivity index (χ1) is 5.66. The Balaban J connectivity index is 0. The fourth-order valence-corrected chi connectivity index (χ4v) is 0.999. The summed E-state index contributed by atoms with van der Waals surface area (Å²) < 4.78 is 1.49. The highest BCUT2D eigenvalue weighted by Crippen LogP contribution is 2.10. The summed E-state index contributed by atoms with van der Waals surface area (Å²) in [6, 6.07) is 0. The van der Waals surface area contributed by atoms with E-state index in [0.29, 0.717) is 13.1 Å². The largest absolute Gasteiger partial charge is 0.434 e. The van der Waals surface area contributed by atoms with Gasteiger partial charge >= 0.3 is 5.95 Å². The first-order valence-electron chi connectivity index (χ1n) is 3.53. The van der Waals surface area contributed by atoms with Crippen molar-refractivity contribution in [3.8, 4) is 0 Å². The van der Waals surface area contributed by atoms with E-state index in [1.54, 1.807) is 6.92 Å². The number of aryl methyl sites for hydroxylation is 1. The van der Waals surface area contributed by atoms with Crippen LogP contribution in [0, 0.1) is 17.0 Å². The van der Waals surface area contributed by atoms with Gasteiger partial charge in [-0.05, 0) is 11.8 Å². The fourth-order valence-electron chi connectivity index (χ4n) is 0.999. The fraction of sp³-hybridized carbons (Fsp3) is 0.500. The summed E-state index contributed by atoms with van der Waals surface area (Å²) in [5.74, 6) is -0.141. The quantitative estimate of drug-likeness (QED) is 0.666. The van der Waals surface area contributed by atoms with E-state index in [-0.39, 0.29) is 39.9 Å². The van der Waals surface area contributed by atoms with Gasteiger partial charge < -0.3 is 15.8 Å². The first-order valence-corrected chi connectivity index (χ1v) is 3.53. The second-order valence-corrected chi connectivity index (χ2v) is 2.40. The zero-order valence-electron chi connectivity index (χ0n) is 7.54. The predicted octanol–water partition coefficient (Wildman–Crippen LogP) is 1.21. The average Bonchev–Trinajstić information content (AvgIpc) is 2.34. The van der Waals surface area contributed by atoms with Gasteiger partial charge in [0.15, 0.2) is 0 Å². The first kappa shape index (κ1) is 16.0. The molecule has 0 aliphatic carbocycles. The molecule has 0 saturated heterocycles. The van der Waals surface area contributed by atoms with Crippen molar-refractivity contribution in [2.24, 2.45) is 5.73 Å². The number of halogens is 2. The van der Waals surface area contributed by atoms with Gasteiger partial charge in [0.1, 0.15) is 11.9 Å². The lowest BCUT2D eigenvalue weighted by atomic mass is 10.5. The Bertz CT molecular complexity index is 302. The number of nitrogens with two attached hydrogens (primary N) is 1. The molecule has 0 saturated carbocycles. The summed E-state index contributed by atoms with van der Waals surface area (Å²) in [7, 11) is 0. The Morgan fingerprint density at radius 1 is 1.64 bits per heavy atom. The lowest BCUT2D eigenvalue weighted by molar-refractivity contribution is -0.396. The van der Waals surface area contributed by atoms with Crippen LogP contribution in [0.25, 0.3) is 0 Å². The van der Waals surface area contributed by atoms with Gasteiger partial charge in [0.2, 0.25) is 0 Å². The van der Waals surface area contributed by atoms with Crippen LogP contribution < -0.4 is 5.73 Å². The van der Waals surface area contributed by atoms with E-state index in [0.717, 1.165) is 5.69 Å². The number of rotatable bonds is 3. The summed E-state index contributed by atoms with van der Waals surface area (Å²) in [5, 5.41) is 10.4. The predicted molar refractivity (Wildman–Crippen MR) is 63.3 cm³/mol. The molecule has 1 aromatic rings. The maximum atomic E-state index is 10.4. The minimum absolute atomic E-state index is 0. The standard InChI is InChI=1S/C6H10N4O2.2BrH/c1-5-4-8-6(10(11)12)9(5)3-2-7;;/h4H,2-3,7H2,1H3;2*1H. The van der Waals surface area contributed by atoms with Crippen LogP contribution in [0.15, 0.2) is 6.20 Å². The summed E-state index contributed by atoms with van der Waals surface area (Å²) in [4.78, 5) is 13.5. The van der Waals surface area contributed by atoms with Gasteiger partial charge in [0.25, 0.3) is 0 Å². The Morgan fingerprint density at radius 2 is 2.21 bits per heavy atom. The van der Waals surface area contributed by atoms with Gasteiger partial charge in [-0.25, -0.2) is 4.57 Å². The Kier molecular flexibility index (Phi) is 7.88. The summed E-state index contributed by atoms with van der Waals surface area (Å²) in [5.41, 5.74) is 6.04. The molecule has 1 rings (SSSR count). The molecule has 0 radical (unpaired) electrons. The van der Waals surface area contributed by atoms with Crippen LogP contribution in [0.2, 0.25) is 0 Å². The second-order valence-electron chi connectivity index (χ2n) is 2.40. The molecule has 2 N–H and O–H groups in total. The van der Waals surface area contributed by atoms with E-state index in [1.165, 1.54) is 10.8 Å². The topological polar surface area (TPSA) is 87.0 Å². The van der Waals surface area contributed by atoms with Crippen LogP contribution in [0.3, 0.4) is 0 Å². The van der Waals surface area contributed by atoms with Gasteiger partial charge in [-0.1, -0.05) is 4.98 Å². The highest BCUT2D eigenvalue weighted by atomic mass is 79.9. The maximum Gasteiger partial charge on any atom is 0.434 e. The van der Waals surface area contributed by atoms with E-state index in [9.17, 15) is 10.1 Å². The van der Waals surface area contributed by atoms with Crippen molar-refractivity contribution in [2.45, 2.75) is 13.5 Å². The highest BCUT2D eigenvalue weighted by Gasteiger charge is 2.16. The number of nitrogens with zero attached hydrogens (tertiary/aromatic N) is 3. The third-order valence-corrected chi connectivity index (χ3v) is 1.55. The molecule has 0 bridgehead atoms. The van der Waals surface area contributed by atoms with Crippen LogP contribution in [-0.4, -0.2) is 21.0 Å². The zero-order valence-corrected chi connectivity index (χ0v) is 11.0. The molecule has 0 unspecified atom stereocenters. The SMILES string of the molecule is Br.Br.Cc1cnc([N+](=O)[O-])n1CCN. The number of nitro groups is 1. The lowest BCUT2D eigenvalue weighted by Crippen LogP contribution is -2.13. The van der Waals surface area contributed by atoms with Crippen molar-refractivity contribution in [1.29, 1.82) is 0 Å². The van der Waals surface area contributed by atoms with Crippen LogP contribution in [0.1, 0.15) is 5.69 Å². The van der Waals surface area contributed by atoms with Crippen molar-refractivity contribution < 1.29 is 4.92 Å². The van der Waals surface area contributed by atoms with E-state index >= 15 is 0 Å². The van der Waals surface area contributed by atoms with Crippen LogP contribution >= 0.6 is 34.0 Å². The highest BCUT2D eigenvalue weighted by molar-refractivity contribution is 8.93. The molecule has 6 nitrogen and oxygen atoms in total. The molecule has 8 heteroatoms. The molecule has 0 amide bonds. The summed E-state index contributed by atoms with van der Waals surface area (Å²) in [6.45, 7) is 2.57. The molecule has 1 aromatic heterocycles. The Labute approximate surface area is 102 Å². The third-order valence-electron chi connectivity index (χ3n) is 1.55. The van der Waals surface area contributed by atoms with Crippen molar-refractivity contribution in [1.82, 2.24) is 9.55 Å². The molecule has 0 aliphatic rings. The zero-order chi connectivity index (χ0) is 9.14. The smallest absolute Gasteiger partial charge is 0.390 e. The molecule has 0 aliphatic heterocycles. The van der Waals surface area contributed by atoms with Crippen molar-refractivity contribution in [3.05, 3.63) is 22.0 Å². The minimum atomic E-state index is -0.511. The minimum Gasteiger partial charge on any atom is -0.390 e. The molecular formula is C6H12Br2N4O2. The Morgan fingerprint density at radius 3 is 2.64 bits per heavy atom. The second kappa shape index (κ2) is 6.91. The molecule has 14 heavy (non-hydrogen) atoms. The molecule has 0 atom stereocenters. The number of imidazole rings is 1. The average molecular weight is 332 g/mol. The normalized spacial score (nSPS) is 8.71. The molecule has 1 heterocycles. The number of hydrogen-bond acceptors (Lipinski definition) is 4. The summed E-state index contributed by atoms with van der Waals surface area (Å²) in [6.07, 6.45) is 1.47. The Hall–Kier alpha value is -0.470. The van der Waals surface area contributed by atoms with Crippen LogP contribution in [0.4, 0.5) is 5.95 Å². The molecule has 82 valence electrons. The lowest BCUT2D eigenvalue weighted by Gasteiger charge is -1.99. The molecular weight excluding hydrogens is 320 g/mol. The van der Waals surface area contributed by atoms with Gasteiger partial charge in [-0.15, -0.1) is 34.0 Å². The van der Waals surface area contributed by atoms with E-state index < -0.39 is 4.92 Å². The van der Waals surface area contributed by atoms with Crippen molar-refractivity contribution in [2.75, 3.05) is 6.54 Å². The van der Waals surface area contributed by atoms with Crippen molar-refractivity contribution >= 4 is 39.9 Å². The van der Waals surface area contributed by atoms with Crippen LogP contribution in [0.5, 0.6) is 0 Å². The van der Waals surface area contributed by atoms with Crippen molar-refractivity contribution in [3.63, 3.8) is 0 Å². The van der Waals surface area contributed by atoms with E-state index in [2.05, 4.69) is 4.98 Å². The monoisotopic (exact) mass is 330 g/mol. The van der Waals surface area contributed by atoms with Gasteiger partial charge in [-0.3, -0.25) is 0 Å². The van der Waals surface area contributed by atoms with Gasteiger partial charge in [0, 0.05) is 6.54 Å².